The maximum Gasteiger partial charge on any atom is 0.277 e. The number of nitrogens with zero attached hydrogens (tertiary/aromatic N) is 1. The zero-order valence-electron chi connectivity index (χ0n) is 12.9. The highest BCUT2D eigenvalue weighted by molar-refractivity contribution is 9.10. The molecule has 0 aliphatic rings. The molecule has 0 saturated heterocycles. The Morgan fingerprint density at radius 3 is 2.67 bits per heavy atom. The normalized spacial score (nSPS) is 10.4. The molecule has 1 N–H and O–H groups in total. The number of nitrogens with one attached hydrogen (secondary N) is 1. The van der Waals surface area contributed by atoms with E-state index in [2.05, 4.69) is 33.0 Å². The first-order valence-corrected chi connectivity index (χ1v) is 8.01. The second kappa shape index (κ2) is 9.52. The van der Waals surface area contributed by atoms with Crippen molar-refractivity contribution in [3.8, 4) is 11.5 Å². The zero-order chi connectivity index (χ0) is 17.2. The minimum atomic E-state index is -0.348. The summed E-state index contributed by atoms with van der Waals surface area (Å²) >= 11 is 3.33. The van der Waals surface area contributed by atoms with E-state index in [0.717, 1.165) is 10.0 Å². The number of hydrogen-bond acceptors (Lipinski definition) is 4. The van der Waals surface area contributed by atoms with E-state index in [9.17, 15) is 4.79 Å². The van der Waals surface area contributed by atoms with Gasteiger partial charge in [-0.1, -0.05) is 40.7 Å². The van der Waals surface area contributed by atoms with Crippen molar-refractivity contribution in [2.75, 3.05) is 13.2 Å². The van der Waals surface area contributed by atoms with Crippen LogP contribution in [0.1, 0.15) is 5.56 Å². The van der Waals surface area contributed by atoms with Gasteiger partial charge in [-0.2, -0.15) is 5.10 Å². The van der Waals surface area contributed by atoms with E-state index in [0.29, 0.717) is 18.1 Å². The smallest absolute Gasteiger partial charge is 0.277 e. The van der Waals surface area contributed by atoms with Gasteiger partial charge in [0.2, 0.25) is 0 Å². The molecule has 1 amide bonds. The number of rotatable bonds is 8. The molecule has 0 bridgehead atoms. The van der Waals surface area contributed by atoms with Gasteiger partial charge < -0.3 is 9.47 Å². The van der Waals surface area contributed by atoms with Crippen LogP contribution in [0.3, 0.4) is 0 Å². The second-order valence-corrected chi connectivity index (χ2v) is 5.59. The third-order valence-electron chi connectivity index (χ3n) is 2.85. The molecule has 0 aliphatic carbocycles. The molecule has 0 fully saturated rings. The summed E-state index contributed by atoms with van der Waals surface area (Å²) in [5.74, 6) is 0.931. The number of benzene rings is 2. The van der Waals surface area contributed by atoms with Crippen molar-refractivity contribution in [3.63, 3.8) is 0 Å². The molecule has 0 saturated carbocycles. The van der Waals surface area contributed by atoms with Crippen LogP contribution >= 0.6 is 15.9 Å². The molecule has 0 radical (unpaired) electrons. The van der Waals surface area contributed by atoms with Gasteiger partial charge in [0.25, 0.3) is 5.91 Å². The van der Waals surface area contributed by atoms with Crippen molar-refractivity contribution in [1.29, 1.82) is 0 Å². The Morgan fingerprint density at radius 2 is 1.92 bits per heavy atom. The van der Waals surface area contributed by atoms with Crippen LogP contribution in [0.4, 0.5) is 0 Å². The van der Waals surface area contributed by atoms with Crippen LogP contribution in [0, 0.1) is 0 Å². The third-order valence-corrected chi connectivity index (χ3v) is 3.38. The Morgan fingerprint density at radius 1 is 1.17 bits per heavy atom. The van der Waals surface area contributed by atoms with E-state index in [4.69, 9.17) is 9.47 Å². The van der Waals surface area contributed by atoms with Gasteiger partial charge in [-0.05, 0) is 36.4 Å². The van der Waals surface area contributed by atoms with Crippen molar-refractivity contribution < 1.29 is 14.3 Å². The molecule has 24 heavy (non-hydrogen) atoms. The molecule has 5 nitrogen and oxygen atoms in total. The number of para-hydroxylation sites is 1. The first-order valence-electron chi connectivity index (χ1n) is 7.22. The van der Waals surface area contributed by atoms with Gasteiger partial charge in [0.1, 0.15) is 18.1 Å². The molecule has 0 unspecified atom stereocenters. The standard InChI is InChI=1S/C18H17BrN2O3/c1-2-11-23-17-6-4-3-5-14(17)12-20-21-18(22)13-24-16-9-7-15(19)8-10-16/h2-10,12H,1,11,13H2,(H,21,22). The molecule has 0 aliphatic heterocycles. The summed E-state index contributed by atoms with van der Waals surface area (Å²) in [5, 5.41) is 3.92. The molecule has 0 aromatic heterocycles. The highest BCUT2D eigenvalue weighted by Crippen LogP contribution is 2.16. The number of hydrazone groups is 1. The summed E-state index contributed by atoms with van der Waals surface area (Å²) in [6, 6.07) is 14.6. The maximum absolute atomic E-state index is 11.7. The summed E-state index contributed by atoms with van der Waals surface area (Å²) in [6.07, 6.45) is 3.19. The van der Waals surface area contributed by atoms with Gasteiger partial charge in [0.15, 0.2) is 6.61 Å². The van der Waals surface area contributed by atoms with Crippen molar-refractivity contribution in [3.05, 3.63) is 71.2 Å². The van der Waals surface area contributed by atoms with E-state index < -0.39 is 0 Å². The maximum atomic E-state index is 11.7. The minimum absolute atomic E-state index is 0.117. The quantitative estimate of drug-likeness (QED) is 0.427. The summed E-state index contributed by atoms with van der Waals surface area (Å²) in [6.45, 7) is 3.89. The first-order chi connectivity index (χ1) is 11.7. The fraction of sp³-hybridized carbons (Fsp3) is 0.111. The molecular weight excluding hydrogens is 372 g/mol. The van der Waals surface area contributed by atoms with Crippen molar-refractivity contribution in [1.82, 2.24) is 5.43 Å². The fourth-order valence-corrected chi connectivity index (χ4v) is 2.02. The molecule has 6 heteroatoms. The second-order valence-electron chi connectivity index (χ2n) is 4.67. The Bertz CT molecular complexity index is 714. The lowest BCUT2D eigenvalue weighted by Crippen LogP contribution is -2.24. The van der Waals surface area contributed by atoms with Gasteiger partial charge >= 0.3 is 0 Å². The predicted molar refractivity (Wildman–Crippen MR) is 97.5 cm³/mol. The Kier molecular flexibility index (Phi) is 7.04. The summed E-state index contributed by atoms with van der Waals surface area (Å²) in [7, 11) is 0. The Balaban J connectivity index is 1.83. The molecule has 0 atom stereocenters. The number of hydrogen-bond donors (Lipinski definition) is 1. The zero-order valence-corrected chi connectivity index (χ0v) is 14.5. The van der Waals surface area contributed by atoms with Gasteiger partial charge in [-0.3, -0.25) is 4.79 Å². The van der Waals surface area contributed by atoms with Crippen molar-refractivity contribution >= 4 is 28.1 Å². The summed E-state index contributed by atoms with van der Waals surface area (Å²) in [4.78, 5) is 11.7. The first kappa shape index (κ1) is 17.7. The lowest BCUT2D eigenvalue weighted by atomic mass is 10.2. The van der Waals surface area contributed by atoms with Crippen molar-refractivity contribution in [2.45, 2.75) is 0 Å². The van der Waals surface area contributed by atoms with Gasteiger partial charge in [0.05, 0.1) is 6.21 Å². The van der Waals surface area contributed by atoms with Crippen LogP contribution in [0.15, 0.2) is 70.8 Å². The van der Waals surface area contributed by atoms with E-state index in [1.807, 2.05) is 36.4 Å². The van der Waals surface area contributed by atoms with E-state index in [1.54, 1.807) is 18.2 Å². The van der Waals surface area contributed by atoms with Crippen LogP contribution in [-0.2, 0) is 4.79 Å². The van der Waals surface area contributed by atoms with Crippen LogP contribution in [0.25, 0.3) is 0 Å². The van der Waals surface area contributed by atoms with Gasteiger partial charge in [-0.25, -0.2) is 5.43 Å². The molecule has 2 rings (SSSR count). The highest BCUT2D eigenvalue weighted by atomic mass is 79.9. The third kappa shape index (κ3) is 5.89. The SMILES string of the molecule is C=CCOc1ccccc1C=NNC(=O)COc1ccc(Br)cc1. The largest absolute Gasteiger partial charge is 0.489 e. The highest BCUT2D eigenvalue weighted by Gasteiger charge is 2.02. The lowest BCUT2D eigenvalue weighted by Gasteiger charge is -2.06. The van der Waals surface area contributed by atoms with Crippen LogP contribution in [-0.4, -0.2) is 25.3 Å². The van der Waals surface area contributed by atoms with Gasteiger partial charge in [-0.15, -0.1) is 0 Å². The predicted octanol–water partition coefficient (Wildman–Crippen LogP) is 3.54. The molecular formula is C18H17BrN2O3. The minimum Gasteiger partial charge on any atom is -0.489 e. The molecule has 0 heterocycles. The van der Waals surface area contributed by atoms with E-state index >= 15 is 0 Å². The Labute approximate surface area is 149 Å². The molecule has 2 aromatic rings. The van der Waals surface area contributed by atoms with E-state index in [1.165, 1.54) is 6.21 Å². The summed E-state index contributed by atoms with van der Waals surface area (Å²) < 4.78 is 11.8. The molecule has 0 spiro atoms. The van der Waals surface area contributed by atoms with Crippen LogP contribution < -0.4 is 14.9 Å². The number of amides is 1. The fourth-order valence-electron chi connectivity index (χ4n) is 1.75. The van der Waals surface area contributed by atoms with Gasteiger partial charge in [0, 0.05) is 10.0 Å². The van der Waals surface area contributed by atoms with E-state index in [-0.39, 0.29) is 12.5 Å². The van der Waals surface area contributed by atoms with Crippen LogP contribution in [0.2, 0.25) is 0 Å². The molecule has 124 valence electrons. The topological polar surface area (TPSA) is 59.9 Å². The number of halogens is 1. The number of carbonyl (C=O) groups excluding carboxylic acids is 1. The monoisotopic (exact) mass is 388 g/mol. The van der Waals surface area contributed by atoms with Crippen molar-refractivity contribution in [2.24, 2.45) is 5.10 Å². The van der Waals surface area contributed by atoms with Crippen LogP contribution in [0.5, 0.6) is 11.5 Å². The lowest BCUT2D eigenvalue weighted by molar-refractivity contribution is -0.123. The Hall–Kier alpha value is -2.60. The molecule has 2 aromatic carbocycles. The summed E-state index contributed by atoms with van der Waals surface area (Å²) in [5.41, 5.74) is 3.17. The number of carbonyl (C=O) groups is 1. The average Bonchev–Trinajstić information content (AvgIpc) is 2.60. The average molecular weight is 389 g/mol. The number of ether oxygens (including phenoxy) is 2.